The van der Waals surface area contributed by atoms with Gasteiger partial charge in [0.25, 0.3) is 0 Å². The van der Waals surface area contributed by atoms with Gasteiger partial charge in [-0.25, -0.2) is 0 Å². The molecule has 0 spiro atoms. The van der Waals surface area contributed by atoms with Crippen LogP contribution in [0.25, 0.3) is 0 Å². The fourth-order valence-corrected chi connectivity index (χ4v) is 2.28. The Kier molecular flexibility index (Phi) is 2.44. The average Bonchev–Trinajstić information content (AvgIpc) is 3.15. The Morgan fingerprint density at radius 3 is 2.60 bits per heavy atom. The van der Waals surface area contributed by atoms with E-state index in [1.54, 1.807) is 0 Å². The van der Waals surface area contributed by atoms with E-state index in [1.807, 2.05) is 0 Å². The SMILES string of the molecule is c1noc(CCNC(C2CC2)C2CC2)n1. The van der Waals surface area contributed by atoms with E-state index >= 15 is 0 Å². The van der Waals surface area contributed by atoms with Crippen molar-refractivity contribution in [3.8, 4) is 0 Å². The van der Waals surface area contributed by atoms with Gasteiger partial charge in [-0.2, -0.15) is 4.98 Å². The first-order chi connectivity index (χ1) is 7.43. The second kappa shape index (κ2) is 3.93. The summed E-state index contributed by atoms with van der Waals surface area (Å²) < 4.78 is 4.97. The van der Waals surface area contributed by atoms with Crippen LogP contribution in [-0.2, 0) is 6.42 Å². The summed E-state index contributed by atoms with van der Waals surface area (Å²) >= 11 is 0. The van der Waals surface area contributed by atoms with Crippen molar-refractivity contribution in [2.45, 2.75) is 38.1 Å². The second-order valence-electron chi connectivity index (χ2n) is 4.74. The lowest BCUT2D eigenvalue weighted by atomic mass is 10.1. The van der Waals surface area contributed by atoms with Gasteiger partial charge in [0.15, 0.2) is 6.33 Å². The first kappa shape index (κ1) is 9.33. The van der Waals surface area contributed by atoms with Gasteiger partial charge in [0, 0.05) is 19.0 Å². The van der Waals surface area contributed by atoms with Crippen molar-refractivity contribution in [3.05, 3.63) is 12.2 Å². The molecule has 82 valence electrons. The number of hydrogen-bond acceptors (Lipinski definition) is 4. The molecule has 0 saturated heterocycles. The van der Waals surface area contributed by atoms with Gasteiger partial charge in [-0.3, -0.25) is 0 Å². The maximum atomic E-state index is 4.97. The number of nitrogens with one attached hydrogen (secondary N) is 1. The second-order valence-corrected chi connectivity index (χ2v) is 4.74. The number of rotatable bonds is 6. The number of nitrogens with zero attached hydrogens (tertiary/aromatic N) is 2. The molecule has 4 nitrogen and oxygen atoms in total. The molecule has 2 aliphatic rings. The van der Waals surface area contributed by atoms with Crippen LogP contribution in [0.3, 0.4) is 0 Å². The summed E-state index contributed by atoms with van der Waals surface area (Å²) in [6.45, 7) is 0.972. The Bertz CT molecular complexity index is 292. The van der Waals surface area contributed by atoms with Gasteiger partial charge in [0.1, 0.15) is 0 Å². The summed E-state index contributed by atoms with van der Waals surface area (Å²) in [5, 5.41) is 7.26. The molecule has 0 aliphatic heterocycles. The molecule has 0 amide bonds. The normalized spacial score (nSPS) is 21.1. The molecule has 1 N–H and O–H groups in total. The highest BCUT2D eigenvalue weighted by atomic mass is 16.5. The Morgan fingerprint density at radius 1 is 1.33 bits per heavy atom. The highest BCUT2D eigenvalue weighted by Gasteiger charge is 2.40. The third kappa shape index (κ3) is 2.37. The molecule has 2 fully saturated rings. The third-order valence-corrected chi connectivity index (χ3v) is 3.39. The largest absolute Gasteiger partial charge is 0.340 e. The molecular formula is C11H17N3O. The van der Waals surface area contributed by atoms with Crippen molar-refractivity contribution in [1.29, 1.82) is 0 Å². The first-order valence-electron chi connectivity index (χ1n) is 5.92. The van der Waals surface area contributed by atoms with E-state index in [0.717, 1.165) is 36.7 Å². The first-order valence-corrected chi connectivity index (χ1v) is 5.92. The summed E-state index contributed by atoms with van der Waals surface area (Å²) in [6, 6.07) is 0.771. The monoisotopic (exact) mass is 207 g/mol. The minimum Gasteiger partial charge on any atom is -0.340 e. The lowest BCUT2D eigenvalue weighted by molar-refractivity contribution is 0.361. The van der Waals surface area contributed by atoms with Gasteiger partial charge < -0.3 is 9.84 Å². The van der Waals surface area contributed by atoms with Crippen molar-refractivity contribution in [1.82, 2.24) is 15.5 Å². The molecule has 0 aromatic carbocycles. The van der Waals surface area contributed by atoms with E-state index < -0.39 is 0 Å². The van der Waals surface area contributed by atoms with E-state index in [-0.39, 0.29) is 0 Å². The molecule has 1 aromatic rings. The molecule has 2 saturated carbocycles. The molecule has 0 atom stereocenters. The van der Waals surface area contributed by atoms with Crippen molar-refractivity contribution in [2.24, 2.45) is 11.8 Å². The lowest BCUT2D eigenvalue weighted by Gasteiger charge is -2.16. The maximum absolute atomic E-state index is 4.97. The fraction of sp³-hybridized carbons (Fsp3) is 0.818. The van der Waals surface area contributed by atoms with Crippen LogP contribution >= 0.6 is 0 Å². The molecule has 3 rings (SSSR count). The molecule has 15 heavy (non-hydrogen) atoms. The van der Waals surface area contributed by atoms with Crippen LogP contribution < -0.4 is 5.32 Å². The maximum Gasteiger partial charge on any atom is 0.227 e. The van der Waals surface area contributed by atoms with E-state index in [4.69, 9.17) is 4.52 Å². The van der Waals surface area contributed by atoms with Gasteiger partial charge in [-0.05, 0) is 37.5 Å². The van der Waals surface area contributed by atoms with Crippen LogP contribution in [0.5, 0.6) is 0 Å². The van der Waals surface area contributed by atoms with Crippen LogP contribution in [0.4, 0.5) is 0 Å². The summed E-state index contributed by atoms with van der Waals surface area (Å²) in [4.78, 5) is 4.02. The van der Waals surface area contributed by atoms with Gasteiger partial charge in [-0.15, -0.1) is 0 Å². The summed E-state index contributed by atoms with van der Waals surface area (Å²) in [5.41, 5.74) is 0. The van der Waals surface area contributed by atoms with Crippen LogP contribution in [0.15, 0.2) is 10.9 Å². The van der Waals surface area contributed by atoms with E-state index in [1.165, 1.54) is 32.0 Å². The van der Waals surface area contributed by atoms with Gasteiger partial charge in [0.2, 0.25) is 5.89 Å². The Hall–Kier alpha value is -0.900. The number of aromatic nitrogens is 2. The number of hydrogen-bond donors (Lipinski definition) is 1. The molecule has 0 bridgehead atoms. The molecule has 0 unspecified atom stereocenters. The van der Waals surface area contributed by atoms with E-state index in [9.17, 15) is 0 Å². The standard InChI is InChI=1S/C11H17N3O/c1-2-8(1)11(9-3-4-9)12-6-5-10-13-7-14-15-10/h7-9,11-12H,1-6H2. The Balaban J connectivity index is 1.44. The summed E-state index contributed by atoms with van der Waals surface area (Å²) in [6.07, 6.45) is 8.03. The third-order valence-electron chi connectivity index (χ3n) is 3.39. The summed E-state index contributed by atoms with van der Waals surface area (Å²) in [5.74, 6) is 2.66. The zero-order valence-electron chi connectivity index (χ0n) is 8.85. The van der Waals surface area contributed by atoms with Crippen LogP contribution in [0, 0.1) is 11.8 Å². The van der Waals surface area contributed by atoms with Crippen LogP contribution in [-0.4, -0.2) is 22.7 Å². The Labute approximate surface area is 89.4 Å². The zero-order valence-corrected chi connectivity index (χ0v) is 8.85. The molecule has 4 heteroatoms. The zero-order chi connectivity index (χ0) is 10.1. The van der Waals surface area contributed by atoms with E-state index in [2.05, 4.69) is 15.5 Å². The van der Waals surface area contributed by atoms with Gasteiger partial charge in [-0.1, -0.05) is 5.16 Å². The van der Waals surface area contributed by atoms with Gasteiger partial charge >= 0.3 is 0 Å². The van der Waals surface area contributed by atoms with Crippen LogP contribution in [0.2, 0.25) is 0 Å². The Morgan fingerprint density at radius 2 is 2.07 bits per heavy atom. The molecule has 2 aliphatic carbocycles. The fourth-order valence-electron chi connectivity index (χ4n) is 2.28. The van der Waals surface area contributed by atoms with Gasteiger partial charge in [0.05, 0.1) is 0 Å². The van der Waals surface area contributed by atoms with E-state index in [0.29, 0.717) is 0 Å². The highest BCUT2D eigenvalue weighted by Crippen LogP contribution is 2.44. The minimum atomic E-state index is 0.743. The smallest absolute Gasteiger partial charge is 0.227 e. The van der Waals surface area contributed by atoms with Crippen LogP contribution in [0.1, 0.15) is 31.6 Å². The average molecular weight is 207 g/mol. The molecule has 0 radical (unpaired) electrons. The minimum absolute atomic E-state index is 0.743. The quantitative estimate of drug-likeness (QED) is 0.766. The van der Waals surface area contributed by atoms with Crippen molar-refractivity contribution in [3.63, 3.8) is 0 Å². The van der Waals surface area contributed by atoms with Crippen molar-refractivity contribution in [2.75, 3.05) is 6.54 Å². The highest BCUT2D eigenvalue weighted by molar-refractivity contribution is 4.96. The molecular weight excluding hydrogens is 190 g/mol. The predicted molar refractivity (Wildman–Crippen MR) is 55.2 cm³/mol. The lowest BCUT2D eigenvalue weighted by Crippen LogP contribution is -2.34. The van der Waals surface area contributed by atoms with Crippen molar-refractivity contribution < 1.29 is 4.52 Å². The predicted octanol–water partition coefficient (Wildman–Crippen LogP) is 1.39. The molecule has 1 heterocycles. The summed E-state index contributed by atoms with van der Waals surface area (Å²) in [7, 11) is 0. The topological polar surface area (TPSA) is 51.0 Å². The molecule has 1 aromatic heterocycles. The van der Waals surface area contributed by atoms with Crippen molar-refractivity contribution >= 4 is 0 Å².